The number of benzene rings is 1. The van der Waals surface area contributed by atoms with Gasteiger partial charge in [-0.25, -0.2) is 0 Å². The first kappa shape index (κ1) is 13.7. The minimum Gasteiger partial charge on any atom is -0.492 e. The van der Waals surface area contributed by atoms with Crippen molar-refractivity contribution in [2.24, 2.45) is 5.73 Å². The number of nitrogens with two attached hydrogens (primary N) is 1. The van der Waals surface area contributed by atoms with Crippen LogP contribution in [0.5, 0.6) is 5.75 Å². The lowest BCUT2D eigenvalue weighted by Gasteiger charge is -2.07. The van der Waals surface area contributed by atoms with Gasteiger partial charge in [-0.2, -0.15) is 11.8 Å². The smallest absolute Gasteiger partial charge is 0.137 e. The lowest BCUT2D eigenvalue weighted by atomic mass is 10.2. The van der Waals surface area contributed by atoms with Crippen LogP contribution in [0, 0.1) is 0 Å². The van der Waals surface area contributed by atoms with E-state index in [0.29, 0.717) is 11.6 Å². The normalized spacial score (nSPS) is 10.4. The van der Waals surface area contributed by atoms with Gasteiger partial charge in [-0.15, -0.1) is 0 Å². The third-order valence-corrected chi connectivity index (χ3v) is 3.47. The fraction of sp³-hybridized carbons (Fsp3) is 0.500. The van der Waals surface area contributed by atoms with E-state index in [1.54, 1.807) is 0 Å². The molecule has 1 rings (SSSR count). The van der Waals surface area contributed by atoms with Crippen LogP contribution in [-0.4, -0.2) is 18.9 Å². The average Bonchev–Trinajstić information content (AvgIpc) is 2.28. The molecule has 0 fully saturated rings. The Bertz CT molecular complexity index is 320. The number of hydrogen-bond acceptors (Lipinski definition) is 3. The summed E-state index contributed by atoms with van der Waals surface area (Å²) in [6.45, 7) is 3.36. The molecular weight excluding hydrogens is 242 g/mol. The Morgan fingerprint density at radius 2 is 2.25 bits per heavy atom. The molecular formula is C12H18ClNOS. The molecule has 0 bridgehead atoms. The van der Waals surface area contributed by atoms with E-state index in [4.69, 9.17) is 22.1 Å². The highest BCUT2D eigenvalue weighted by Crippen LogP contribution is 2.27. The molecule has 2 nitrogen and oxygen atoms in total. The zero-order chi connectivity index (χ0) is 11.8. The summed E-state index contributed by atoms with van der Waals surface area (Å²) in [6, 6.07) is 5.97. The summed E-state index contributed by atoms with van der Waals surface area (Å²) in [5, 5.41) is 0.693. The third-order valence-electron chi connectivity index (χ3n) is 2.06. The SMILES string of the molecule is CCOc1ccc(CSCCCN)cc1Cl. The van der Waals surface area contributed by atoms with E-state index in [0.717, 1.165) is 30.2 Å². The zero-order valence-corrected chi connectivity index (χ0v) is 11.1. The average molecular weight is 260 g/mol. The van der Waals surface area contributed by atoms with Crippen LogP contribution in [-0.2, 0) is 5.75 Å². The van der Waals surface area contributed by atoms with Gasteiger partial charge in [0.15, 0.2) is 0 Å². The van der Waals surface area contributed by atoms with Crippen LogP contribution in [0.3, 0.4) is 0 Å². The predicted octanol–water partition coefficient (Wildman–Crippen LogP) is 3.32. The van der Waals surface area contributed by atoms with E-state index < -0.39 is 0 Å². The molecule has 1 aromatic rings. The lowest BCUT2D eigenvalue weighted by Crippen LogP contribution is -1.99. The summed E-state index contributed by atoms with van der Waals surface area (Å²) >= 11 is 7.97. The first-order chi connectivity index (χ1) is 7.77. The number of thioether (sulfide) groups is 1. The zero-order valence-electron chi connectivity index (χ0n) is 9.54. The summed E-state index contributed by atoms with van der Waals surface area (Å²) < 4.78 is 5.38. The highest BCUT2D eigenvalue weighted by Gasteiger charge is 2.02. The van der Waals surface area contributed by atoms with Gasteiger partial charge in [0.05, 0.1) is 11.6 Å². The molecule has 0 radical (unpaired) electrons. The fourth-order valence-electron chi connectivity index (χ4n) is 1.28. The Morgan fingerprint density at radius 3 is 2.88 bits per heavy atom. The fourth-order valence-corrected chi connectivity index (χ4v) is 2.47. The third kappa shape index (κ3) is 4.64. The maximum absolute atomic E-state index is 6.09. The molecule has 0 saturated carbocycles. The molecule has 0 amide bonds. The summed E-state index contributed by atoms with van der Waals surface area (Å²) in [6.07, 6.45) is 1.06. The Kier molecular flexibility index (Phi) is 6.69. The van der Waals surface area contributed by atoms with Gasteiger partial charge in [0, 0.05) is 5.75 Å². The van der Waals surface area contributed by atoms with Gasteiger partial charge in [-0.3, -0.25) is 0 Å². The van der Waals surface area contributed by atoms with Crippen molar-refractivity contribution < 1.29 is 4.74 Å². The second-order valence-corrected chi connectivity index (χ2v) is 4.90. The van der Waals surface area contributed by atoms with Gasteiger partial charge in [0.25, 0.3) is 0 Å². The van der Waals surface area contributed by atoms with Crippen molar-refractivity contribution in [3.8, 4) is 5.75 Å². The van der Waals surface area contributed by atoms with Crippen molar-refractivity contribution in [3.05, 3.63) is 28.8 Å². The standard InChI is InChI=1S/C12H18ClNOS/c1-2-15-12-5-4-10(8-11(12)13)9-16-7-3-6-14/h4-5,8H,2-3,6-7,9,14H2,1H3. The summed E-state index contributed by atoms with van der Waals surface area (Å²) in [5.41, 5.74) is 6.67. The van der Waals surface area contributed by atoms with Gasteiger partial charge in [0.2, 0.25) is 0 Å². The van der Waals surface area contributed by atoms with Crippen molar-refractivity contribution in [3.63, 3.8) is 0 Å². The molecule has 0 aliphatic rings. The topological polar surface area (TPSA) is 35.2 Å². The molecule has 0 aliphatic carbocycles. The van der Waals surface area contributed by atoms with Gasteiger partial charge in [-0.05, 0) is 43.3 Å². The predicted molar refractivity (Wildman–Crippen MR) is 72.5 cm³/mol. The molecule has 0 saturated heterocycles. The number of rotatable bonds is 7. The maximum Gasteiger partial charge on any atom is 0.137 e. The van der Waals surface area contributed by atoms with Gasteiger partial charge < -0.3 is 10.5 Å². The quantitative estimate of drug-likeness (QED) is 0.763. The summed E-state index contributed by atoms with van der Waals surface area (Å²) in [4.78, 5) is 0. The van der Waals surface area contributed by atoms with Crippen molar-refractivity contribution in [1.82, 2.24) is 0 Å². The van der Waals surface area contributed by atoms with Gasteiger partial charge >= 0.3 is 0 Å². The van der Waals surface area contributed by atoms with Crippen molar-refractivity contribution >= 4 is 23.4 Å². The number of ether oxygens (including phenoxy) is 1. The molecule has 0 aromatic heterocycles. The highest BCUT2D eigenvalue weighted by atomic mass is 35.5. The van der Waals surface area contributed by atoms with E-state index >= 15 is 0 Å². The highest BCUT2D eigenvalue weighted by molar-refractivity contribution is 7.98. The van der Waals surface area contributed by atoms with Gasteiger partial charge in [0.1, 0.15) is 5.75 Å². The van der Waals surface area contributed by atoms with E-state index in [-0.39, 0.29) is 0 Å². The largest absolute Gasteiger partial charge is 0.492 e. The number of halogens is 1. The van der Waals surface area contributed by atoms with Gasteiger partial charge in [-0.1, -0.05) is 17.7 Å². The summed E-state index contributed by atoms with van der Waals surface area (Å²) in [7, 11) is 0. The molecule has 90 valence electrons. The Balaban J connectivity index is 2.46. The molecule has 0 spiro atoms. The van der Waals surface area contributed by atoms with Crippen LogP contribution in [0.2, 0.25) is 5.02 Å². The van der Waals surface area contributed by atoms with Crippen molar-refractivity contribution in [2.45, 2.75) is 19.1 Å². The molecule has 0 aliphatic heterocycles. The molecule has 0 atom stereocenters. The van der Waals surface area contributed by atoms with Crippen LogP contribution in [0.25, 0.3) is 0 Å². The van der Waals surface area contributed by atoms with Crippen LogP contribution >= 0.6 is 23.4 Å². The molecule has 4 heteroatoms. The first-order valence-corrected chi connectivity index (χ1v) is 7.00. The van der Waals surface area contributed by atoms with Crippen LogP contribution in [0.4, 0.5) is 0 Å². The minimum absolute atomic E-state index is 0.643. The molecule has 1 aromatic carbocycles. The second-order valence-electron chi connectivity index (χ2n) is 3.39. The van der Waals surface area contributed by atoms with Crippen molar-refractivity contribution in [2.75, 3.05) is 18.9 Å². The van der Waals surface area contributed by atoms with E-state index in [9.17, 15) is 0 Å². The van der Waals surface area contributed by atoms with Crippen LogP contribution in [0.1, 0.15) is 18.9 Å². The second kappa shape index (κ2) is 7.82. The van der Waals surface area contributed by atoms with E-state index in [1.807, 2.05) is 30.8 Å². The molecule has 16 heavy (non-hydrogen) atoms. The van der Waals surface area contributed by atoms with Crippen LogP contribution < -0.4 is 10.5 Å². The molecule has 0 unspecified atom stereocenters. The first-order valence-electron chi connectivity index (χ1n) is 5.47. The van der Waals surface area contributed by atoms with Crippen molar-refractivity contribution in [1.29, 1.82) is 0 Å². The number of hydrogen-bond donors (Lipinski definition) is 1. The molecule has 2 N–H and O–H groups in total. The van der Waals surface area contributed by atoms with E-state index in [1.165, 1.54) is 5.56 Å². The lowest BCUT2D eigenvalue weighted by molar-refractivity contribution is 0.340. The maximum atomic E-state index is 6.09. The Labute approximate surface area is 107 Å². The monoisotopic (exact) mass is 259 g/mol. The Morgan fingerprint density at radius 1 is 1.44 bits per heavy atom. The minimum atomic E-state index is 0.643. The van der Waals surface area contributed by atoms with E-state index in [2.05, 4.69) is 6.07 Å². The Hall–Kier alpha value is -0.380. The van der Waals surface area contributed by atoms with Crippen LogP contribution in [0.15, 0.2) is 18.2 Å². The summed E-state index contributed by atoms with van der Waals surface area (Å²) in [5.74, 6) is 2.84. The molecule has 0 heterocycles.